The molecule has 1 N–H and O–H groups in total. The smallest absolute Gasteiger partial charge is 0.167 e. The number of ketones is 1. The number of Topliss-reactive ketones (excluding diaryl/α,β-unsaturated/α-hetero) is 1. The van der Waals surface area contributed by atoms with Crippen LogP contribution in [0.15, 0.2) is 36.4 Å². The van der Waals surface area contributed by atoms with Gasteiger partial charge in [0.2, 0.25) is 0 Å². The van der Waals surface area contributed by atoms with Gasteiger partial charge in [-0.15, -0.1) is 0 Å². The minimum atomic E-state index is 0.206. The third kappa shape index (κ3) is 2.99. The van der Waals surface area contributed by atoms with Crippen LogP contribution in [0.4, 0.5) is 5.69 Å². The summed E-state index contributed by atoms with van der Waals surface area (Å²) < 4.78 is 0. The van der Waals surface area contributed by atoms with Crippen molar-refractivity contribution < 1.29 is 4.79 Å². The van der Waals surface area contributed by atoms with Gasteiger partial charge in [-0.3, -0.25) is 4.79 Å². The zero-order valence-corrected chi connectivity index (χ0v) is 12.7. The van der Waals surface area contributed by atoms with Gasteiger partial charge in [0.25, 0.3) is 0 Å². The second-order valence-corrected chi connectivity index (χ2v) is 5.93. The van der Waals surface area contributed by atoms with Crippen LogP contribution in [0.5, 0.6) is 0 Å². The molecule has 21 heavy (non-hydrogen) atoms. The molecule has 0 bridgehead atoms. The van der Waals surface area contributed by atoms with Gasteiger partial charge >= 0.3 is 0 Å². The first-order valence-electron chi connectivity index (χ1n) is 7.59. The Hall–Kier alpha value is -2.09. The summed E-state index contributed by atoms with van der Waals surface area (Å²) in [7, 11) is 0. The van der Waals surface area contributed by atoms with Gasteiger partial charge in [-0.05, 0) is 61.6 Å². The Morgan fingerprint density at radius 2 is 2.00 bits per heavy atom. The number of aryl methyl sites for hydroxylation is 3. The molecule has 2 aromatic rings. The number of hydrogen-bond acceptors (Lipinski definition) is 2. The summed E-state index contributed by atoms with van der Waals surface area (Å²) in [5, 5.41) is 3.38. The lowest BCUT2D eigenvalue weighted by molar-refractivity contribution is 0.0992. The predicted octanol–water partition coefficient (Wildman–Crippen LogP) is 4.09. The molecule has 2 nitrogen and oxygen atoms in total. The van der Waals surface area contributed by atoms with Crippen LogP contribution >= 0.6 is 0 Å². The number of rotatable bonds is 3. The van der Waals surface area contributed by atoms with Crippen molar-refractivity contribution in [3.05, 3.63) is 64.2 Å². The van der Waals surface area contributed by atoms with Crippen molar-refractivity contribution in [3.63, 3.8) is 0 Å². The highest BCUT2D eigenvalue weighted by atomic mass is 16.1. The van der Waals surface area contributed by atoms with E-state index in [1.165, 1.54) is 22.4 Å². The fourth-order valence-corrected chi connectivity index (χ4v) is 2.91. The van der Waals surface area contributed by atoms with Gasteiger partial charge in [0.05, 0.1) is 0 Å². The second kappa shape index (κ2) is 5.72. The monoisotopic (exact) mass is 279 g/mol. The Balaban J connectivity index is 1.83. The van der Waals surface area contributed by atoms with Gasteiger partial charge in [-0.2, -0.15) is 0 Å². The van der Waals surface area contributed by atoms with E-state index in [-0.39, 0.29) is 5.78 Å². The van der Waals surface area contributed by atoms with Crippen LogP contribution in [0.2, 0.25) is 0 Å². The number of hydrogen-bond donors (Lipinski definition) is 1. The van der Waals surface area contributed by atoms with Crippen molar-refractivity contribution in [3.8, 4) is 0 Å². The van der Waals surface area contributed by atoms with Crippen LogP contribution < -0.4 is 5.32 Å². The Bertz CT molecular complexity index is 688. The van der Waals surface area contributed by atoms with E-state index in [1.54, 1.807) is 0 Å². The van der Waals surface area contributed by atoms with Gasteiger partial charge in [-0.1, -0.05) is 23.8 Å². The molecule has 2 aromatic carbocycles. The first kappa shape index (κ1) is 13.9. The Labute approximate surface area is 126 Å². The maximum atomic E-state index is 12.5. The summed E-state index contributed by atoms with van der Waals surface area (Å²) in [6.07, 6.45) is 2.69. The van der Waals surface area contributed by atoms with Crippen molar-refractivity contribution in [2.24, 2.45) is 0 Å². The highest BCUT2D eigenvalue weighted by Crippen LogP contribution is 2.24. The van der Waals surface area contributed by atoms with E-state index in [1.807, 2.05) is 12.1 Å². The van der Waals surface area contributed by atoms with E-state index >= 15 is 0 Å². The molecule has 0 saturated heterocycles. The molecule has 1 heterocycles. The van der Waals surface area contributed by atoms with E-state index in [2.05, 4.69) is 43.4 Å². The number of fused-ring (bicyclic) bond motifs is 1. The molecule has 0 radical (unpaired) electrons. The van der Waals surface area contributed by atoms with Crippen LogP contribution in [-0.2, 0) is 12.8 Å². The average Bonchev–Trinajstić information content (AvgIpc) is 2.50. The molecule has 0 amide bonds. The van der Waals surface area contributed by atoms with Crippen molar-refractivity contribution in [2.75, 3.05) is 11.9 Å². The fraction of sp³-hybridized carbons (Fsp3) is 0.316. The molecule has 0 atom stereocenters. The van der Waals surface area contributed by atoms with Gasteiger partial charge in [0, 0.05) is 24.2 Å². The van der Waals surface area contributed by atoms with Crippen LogP contribution in [0.1, 0.15) is 39.0 Å². The average molecular weight is 279 g/mol. The minimum Gasteiger partial charge on any atom is -0.385 e. The summed E-state index contributed by atoms with van der Waals surface area (Å²) in [6, 6.07) is 12.4. The van der Waals surface area contributed by atoms with E-state index in [4.69, 9.17) is 0 Å². The van der Waals surface area contributed by atoms with Crippen molar-refractivity contribution in [1.29, 1.82) is 0 Å². The molecule has 0 fully saturated rings. The lowest BCUT2D eigenvalue weighted by Gasteiger charge is -2.18. The minimum absolute atomic E-state index is 0.206. The topological polar surface area (TPSA) is 29.1 Å². The summed E-state index contributed by atoms with van der Waals surface area (Å²) in [6.45, 7) is 5.17. The predicted molar refractivity (Wildman–Crippen MR) is 87.2 cm³/mol. The normalized spacial score (nSPS) is 13.4. The molecule has 0 saturated carbocycles. The van der Waals surface area contributed by atoms with E-state index < -0.39 is 0 Å². The largest absolute Gasteiger partial charge is 0.385 e. The standard InChI is InChI=1S/C19H21NO/c1-13-5-6-14(2)17(10-13)12-19(21)16-7-8-18-15(11-16)4-3-9-20-18/h5-8,10-11,20H,3-4,9,12H2,1-2H3. The molecule has 0 aliphatic carbocycles. The fourth-order valence-electron chi connectivity index (χ4n) is 2.91. The van der Waals surface area contributed by atoms with Crippen molar-refractivity contribution in [2.45, 2.75) is 33.1 Å². The second-order valence-electron chi connectivity index (χ2n) is 5.93. The summed E-state index contributed by atoms with van der Waals surface area (Å²) in [5.41, 5.74) is 6.82. The number of anilines is 1. The van der Waals surface area contributed by atoms with Crippen LogP contribution in [-0.4, -0.2) is 12.3 Å². The highest BCUT2D eigenvalue weighted by Gasteiger charge is 2.13. The summed E-state index contributed by atoms with van der Waals surface area (Å²) in [5.74, 6) is 0.206. The molecule has 0 unspecified atom stereocenters. The van der Waals surface area contributed by atoms with E-state index in [9.17, 15) is 4.79 Å². The van der Waals surface area contributed by atoms with Crippen LogP contribution in [0.25, 0.3) is 0 Å². The lowest BCUT2D eigenvalue weighted by atomic mass is 9.95. The number of nitrogens with one attached hydrogen (secondary N) is 1. The van der Waals surface area contributed by atoms with Crippen molar-refractivity contribution in [1.82, 2.24) is 0 Å². The van der Waals surface area contributed by atoms with Crippen molar-refractivity contribution >= 4 is 11.5 Å². The van der Waals surface area contributed by atoms with Crippen LogP contribution in [0.3, 0.4) is 0 Å². The molecule has 0 spiro atoms. The Morgan fingerprint density at radius 1 is 1.14 bits per heavy atom. The number of carbonyl (C=O) groups is 1. The van der Waals surface area contributed by atoms with Gasteiger partial charge in [0.1, 0.15) is 0 Å². The van der Waals surface area contributed by atoms with Gasteiger partial charge in [0.15, 0.2) is 5.78 Å². The molecule has 0 aromatic heterocycles. The zero-order valence-electron chi connectivity index (χ0n) is 12.7. The number of carbonyl (C=O) groups excluding carboxylic acids is 1. The maximum Gasteiger partial charge on any atom is 0.167 e. The SMILES string of the molecule is Cc1ccc(C)c(CC(=O)c2ccc3c(c2)CCCN3)c1. The maximum absolute atomic E-state index is 12.5. The lowest BCUT2D eigenvalue weighted by Crippen LogP contribution is -2.13. The van der Waals surface area contributed by atoms with Gasteiger partial charge in [-0.25, -0.2) is 0 Å². The first-order valence-corrected chi connectivity index (χ1v) is 7.59. The zero-order chi connectivity index (χ0) is 14.8. The van der Waals surface area contributed by atoms with Crippen LogP contribution in [0, 0.1) is 13.8 Å². The van der Waals surface area contributed by atoms with Gasteiger partial charge < -0.3 is 5.32 Å². The third-order valence-corrected chi connectivity index (χ3v) is 4.22. The van der Waals surface area contributed by atoms with E-state index in [0.717, 1.165) is 30.5 Å². The molecular weight excluding hydrogens is 258 g/mol. The molecular formula is C19H21NO. The number of benzene rings is 2. The Morgan fingerprint density at radius 3 is 2.86 bits per heavy atom. The van der Waals surface area contributed by atoms with E-state index in [0.29, 0.717) is 6.42 Å². The summed E-state index contributed by atoms with van der Waals surface area (Å²) in [4.78, 5) is 12.5. The molecule has 3 rings (SSSR count). The molecule has 2 heteroatoms. The first-order chi connectivity index (χ1) is 10.1. The quantitative estimate of drug-likeness (QED) is 0.857. The Kier molecular flexibility index (Phi) is 3.78. The molecule has 108 valence electrons. The third-order valence-electron chi connectivity index (χ3n) is 4.22. The molecule has 1 aliphatic rings. The highest BCUT2D eigenvalue weighted by molar-refractivity contribution is 5.98. The summed E-state index contributed by atoms with van der Waals surface area (Å²) >= 11 is 0. The molecule has 1 aliphatic heterocycles.